The molecule has 3 aromatic carbocycles. The predicted octanol–water partition coefficient (Wildman–Crippen LogP) is 7.34. The maximum absolute atomic E-state index is 6.25. The summed E-state index contributed by atoms with van der Waals surface area (Å²) in [7, 11) is 0. The molecule has 0 aliphatic carbocycles. The third kappa shape index (κ3) is 3.16. The van der Waals surface area contributed by atoms with Crippen LogP contribution in [-0.2, 0) is 0 Å². The normalized spacial score (nSPS) is 12.6. The summed E-state index contributed by atoms with van der Waals surface area (Å²) in [6, 6.07) is 18.8. The number of halogens is 4. The average molecular weight is 536 g/mol. The number of fused-ring (bicyclic) bond motifs is 1. The first-order valence-electron chi connectivity index (χ1n) is 6.34. The summed E-state index contributed by atoms with van der Waals surface area (Å²) in [5, 5.41) is 3.25. The van der Waals surface area contributed by atoms with Gasteiger partial charge in [0.15, 0.2) is 0 Å². The van der Waals surface area contributed by atoms with Crippen molar-refractivity contribution in [3.63, 3.8) is 0 Å². The Balaban J connectivity index is 2.15. The lowest BCUT2D eigenvalue weighted by molar-refractivity contribution is 1.19. The van der Waals surface area contributed by atoms with Crippen molar-refractivity contribution in [2.75, 3.05) is 0 Å². The third-order valence-corrected chi connectivity index (χ3v) is 6.70. The van der Waals surface area contributed by atoms with Gasteiger partial charge in [-0.1, -0.05) is 79.9 Å². The molecule has 1 atom stereocenters. The zero-order valence-corrected chi connectivity index (χ0v) is 16.9. The Morgan fingerprint density at radius 3 is 2.38 bits per heavy atom. The topological polar surface area (TPSA) is 0 Å². The lowest BCUT2D eigenvalue weighted by atomic mass is 9.98. The lowest BCUT2D eigenvalue weighted by Gasteiger charge is -2.15. The van der Waals surface area contributed by atoms with Crippen LogP contribution in [0.5, 0.6) is 0 Å². The SMILES string of the molecule is Clc1cc(C(Br)c2ccc(Br)c3ccccc23)ccc1I. The average Bonchev–Trinajstić information content (AvgIpc) is 2.50. The largest absolute Gasteiger partial charge is 0.0832 e. The van der Waals surface area contributed by atoms with Crippen LogP contribution in [0.2, 0.25) is 5.02 Å². The van der Waals surface area contributed by atoms with Crippen molar-refractivity contribution in [3.8, 4) is 0 Å². The molecule has 3 aromatic rings. The van der Waals surface area contributed by atoms with Gasteiger partial charge in [0, 0.05) is 8.04 Å². The maximum atomic E-state index is 6.25. The van der Waals surface area contributed by atoms with Crippen molar-refractivity contribution in [1.82, 2.24) is 0 Å². The van der Waals surface area contributed by atoms with Gasteiger partial charge in [-0.3, -0.25) is 0 Å². The van der Waals surface area contributed by atoms with Gasteiger partial charge in [0.1, 0.15) is 0 Å². The van der Waals surface area contributed by atoms with Gasteiger partial charge in [-0.15, -0.1) is 0 Å². The van der Waals surface area contributed by atoms with Gasteiger partial charge in [0.2, 0.25) is 0 Å². The van der Waals surface area contributed by atoms with E-state index in [4.69, 9.17) is 11.6 Å². The Morgan fingerprint density at radius 1 is 0.952 bits per heavy atom. The van der Waals surface area contributed by atoms with E-state index in [0.717, 1.165) is 18.6 Å². The molecule has 0 aliphatic rings. The molecule has 0 N–H and O–H groups in total. The minimum atomic E-state index is 0.116. The van der Waals surface area contributed by atoms with E-state index in [1.165, 1.54) is 16.3 Å². The van der Waals surface area contributed by atoms with Crippen molar-refractivity contribution in [3.05, 3.63) is 78.8 Å². The van der Waals surface area contributed by atoms with Gasteiger partial charge >= 0.3 is 0 Å². The summed E-state index contributed by atoms with van der Waals surface area (Å²) in [5.74, 6) is 0. The predicted molar refractivity (Wildman–Crippen MR) is 107 cm³/mol. The fourth-order valence-electron chi connectivity index (χ4n) is 2.36. The highest BCUT2D eigenvalue weighted by Gasteiger charge is 2.15. The number of alkyl halides is 1. The second-order valence-corrected chi connectivity index (χ2v) is 8.06. The molecule has 106 valence electrons. The summed E-state index contributed by atoms with van der Waals surface area (Å²) in [6.07, 6.45) is 0. The van der Waals surface area contributed by atoms with Crippen LogP contribution in [0, 0.1) is 3.57 Å². The molecule has 0 spiro atoms. The van der Waals surface area contributed by atoms with Crippen LogP contribution in [0.4, 0.5) is 0 Å². The summed E-state index contributed by atoms with van der Waals surface area (Å²) < 4.78 is 2.18. The number of rotatable bonds is 2. The minimum Gasteiger partial charge on any atom is -0.0832 e. The van der Waals surface area contributed by atoms with Gasteiger partial charge in [-0.2, -0.15) is 0 Å². The second kappa shape index (κ2) is 6.57. The first kappa shape index (κ1) is 15.8. The smallest absolute Gasteiger partial charge is 0.0651 e. The first-order chi connectivity index (χ1) is 10.1. The van der Waals surface area contributed by atoms with Crippen molar-refractivity contribution in [2.24, 2.45) is 0 Å². The van der Waals surface area contributed by atoms with Crippen LogP contribution in [0.15, 0.2) is 59.1 Å². The first-order valence-corrected chi connectivity index (χ1v) is 9.50. The van der Waals surface area contributed by atoms with Crippen LogP contribution in [0.1, 0.15) is 16.0 Å². The van der Waals surface area contributed by atoms with Crippen molar-refractivity contribution in [2.45, 2.75) is 4.83 Å². The highest BCUT2D eigenvalue weighted by molar-refractivity contribution is 14.1. The zero-order valence-electron chi connectivity index (χ0n) is 10.8. The van der Waals surface area contributed by atoms with Crippen LogP contribution >= 0.6 is 66.1 Å². The number of hydrogen-bond donors (Lipinski definition) is 0. The molecule has 0 saturated heterocycles. The third-order valence-electron chi connectivity index (χ3n) is 3.41. The van der Waals surface area contributed by atoms with E-state index in [9.17, 15) is 0 Å². The standard InChI is InChI=1S/C17H10Br2ClI/c18-14-7-6-13(11-3-1-2-4-12(11)14)17(19)10-5-8-16(21)15(20)9-10/h1-9,17H. The molecule has 0 heterocycles. The van der Waals surface area contributed by atoms with E-state index in [-0.39, 0.29) is 4.83 Å². The van der Waals surface area contributed by atoms with Gasteiger partial charge in [0.25, 0.3) is 0 Å². The second-order valence-electron chi connectivity index (χ2n) is 4.72. The Morgan fingerprint density at radius 2 is 1.67 bits per heavy atom. The van der Waals surface area contributed by atoms with E-state index in [1.54, 1.807) is 0 Å². The van der Waals surface area contributed by atoms with Crippen molar-refractivity contribution >= 4 is 76.8 Å². The van der Waals surface area contributed by atoms with E-state index >= 15 is 0 Å². The maximum Gasteiger partial charge on any atom is 0.0651 e. The highest BCUT2D eigenvalue weighted by atomic mass is 127. The molecule has 1 unspecified atom stereocenters. The molecule has 0 nitrogen and oxygen atoms in total. The Labute approximate surface area is 159 Å². The Kier molecular flexibility index (Phi) is 4.94. The molecule has 0 fully saturated rings. The van der Waals surface area contributed by atoms with E-state index < -0.39 is 0 Å². The quantitative estimate of drug-likeness (QED) is 0.238. The van der Waals surface area contributed by atoms with Crippen molar-refractivity contribution < 1.29 is 0 Å². The van der Waals surface area contributed by atoms with Crippen LogP contribution in [0.3, 0.4) is 0 Å². The molecule has 0 saturated carbocycles. The van der Waals surface area contributed by atoms with Gasteiger partial charge in [0.05, 0.1) is 9.85 Å². The molecule has 21 heavy (non-hydrogen) atoms. The molecule has 0 aliphatic heterocycles. The van der Waals surface area contributed by atoms with Crippen molar-refractivity contribution in [1.29, 1.82) is 0 Å². The number of hydrogen-bond acceptors (Lipinski definition) is 0. The molecule has 0 amide bonds. The molecular weight excluding hydrogens is 526 g/mol. The molecule has 3 rings (SSSR count). The fourth-order valence-corrected chi connectivity index (χ4v) is 4.04. The van der Waals surface area contributed by atoms with Gasteiger partial charge in [-0.25, -0.2) is 0 Å². The minimum absolute atomic E-state index is 0.116. The summed E-state index contributed by atoms with van der Waals surface area (Å²) in [4.78, 5) is 0.116. The Hall–Kier alpha value is -0.100. The monoisotopic (exact) mass is 534 g/mol. The summed E-state index contributed by atoms with van der Waals surface area (Å²) >= 11 is 15.9. The van der Waals surface area contributed by atoms with E-state index in [2.05, 4.69) is 96.9 Å². The molecule has 4 heteroatoms. The molecular formula is C17H10Br2ClI. The van der Waals surface area contributed by atoms with Crippen LogP contribution < -0.4 is 0 Å². The lowest BCUT2D eigenvalue weighted by Crippen LogP contribution is -1.95. The summed E-state index contributed by atoms with van der Waals surface area (Å²) in [6.45, 7) is 0. The molecule has 0 bridgehead atoms. The van der Waals surface area contributed by atoms with Crippen LogP contribution in [0.25, 0.3) is 10.8 Å². The van der Waals surface area contributed by atoms with E-state index in [1.807, 2.05) is 12.1 Å². The fraction of sp³-hybridized carbons (Fsp3) is 0.0588. The molecule has 0 radical (unpaired) electrons. The Bertz CT molecular complexity index is 817. The van der Waals surface area contributed by atoms with Gasteiger partial charge < -0.3 is 0 Å². The van der Waals surface area contributed by atoms with Gasteiger partial charge in [-0.05, 0) is 62.7 Å². The van der Waals surface area contributed by atoms with E-state index in [0.29, 0.717) is 0 Å². The zero-order chi connectivity index (χ0) is 15.0. The summed E-state index contributed by atoms with van der Waals surface area (Å²) in [5.41, 5.74) is 2.40. The molecule has 0 aromatic heterocycles. The highest BCUT2D eigenvalue weighted by Crippen LogP contribution is 2.38. The number of benzene rings is 3. The van der Waals surface area contributed by atoms with Crippen LogP contribution in [-0.4, -0.2) is 0 Å².